The third-order valence-electron chi connectivity index (χ3n) is 6.09. The summed E-state index contributed by atoms with van der Waals surface area (Å²) in [4.78, 5) is 40.0. The Balaban J connectivity index is 1.30. The standard InChI is InChI=1S/C26H27N3O5S/c1-15(25(31)32)11-12-27-23(30)22-14-35-24(29-22)16(2)28-26(33)34-13-21-19-9-5-3-7-17(19)18-8-4-6-10-20(18)21/h3-10,14-16,21H,11-13H2,1-2H3,(H,27,30)(H,28,33)(H,31,32). The van der Waals surface area contributed by atoms with Crippen LogP contribution in [0.3, 0.4) is 0 Å². The Labute approximate surface area is 207 Å². The number of rotatable bonds is 9. The van der Waals surface area contributed by atoms with Crippen LogP contribution in [0.5, 0.6) is 0 Å². The van der Waals surface area contributed by atoms with Gasteiger partial charge in [-0.3, -0.25) is 9.59 Å². The number of aromatic nitrogens is 1. The maximum Gasteiger partial charge on any atom is 0.407 e. The first-order valence-electron chi connectivity index (χ1n) is 11.4. The number of nitrogens with one attached hydrogen (secondary N) is 2. The van der Waals surface area contributed by atoms with Crippen molar-refractivity contribution in [2.45, 2.75) is 32.2 Å². The minimum Gasteiger partial charge on any atom is -0.481 e. The lowest BCUT2D eigenvalue weighted by molar-refractivity contribution is -0.141. The molecule has 4 rings (SSSR count). The number of aliphatic carboxylic acids is 1. The van der Waals surface area contributed by atoms with E-state index in [9.17, 15) is 14.4 Å². The molecule has 1 aliphatic rings. The highest BCUT2D eigenvalue weighted by Gasteiger charge is 2.29. The predicted octanol–water partition coefficient (Wildman–Crippen LogP) is 4.58. The van der Waals surface area contributed by atoms with Crippen molar-refractivity contribution in [1.82, 2.24) is 15.6 Å². The van der Waals surface area contributed by atoms with E-state index in [2.05, 4.69) is 39.9 Å². The molecular weight excluding hydrogens is 466 g/mol. The Hall–Kier alpha value is -3.72. The minimum absolute atomic E-state index is 0.0255. The fraction of sp³-hybridized carbons (Fsp3) is 0.308. The fourth-order valence-corrected chi connectivity index (χ4v) is 4.89. The number of carboxylic acid groups (broad SMARTS) is 1. The van der Waals surface area contributed by atoms with Gasteiger partial charge in [0, 0.05) is 17.8 Å². The monoisotopic (exact) mass is 493 g/mol. The summed E-state index contributed by atoms with van der Waals surface area (Å²) >= 11 is 1.26. The van der Waals surface area contributed by atoms with Crippen LogP contribution in [-0.2, 0) is 9.53 Å². The van der Waals surface area contributed by atoms with E-state index >= 15 is 0 Å². The largest absolute Gasteiger partial charge is 0.481 e. The van der Waals surface area contributed by atoms with Crippen LogP contribution in [0.1, 0.15) is 58.9 Å². The van der Waals surface area contributed by atoms with Gasteiger partial charge in [-0.1, -0.05) is 55.5 Å². The lowest BCUT2D eigenvalue weighted by Crippen LogP contribution is -2.29. The number of nitrogens with zero attached hydrogens (tertiary/aromatic N) is 1. The molecule has 2 unspecified atom stereocenters. The van der Waals surface area contributed by atoms with Crippen molar-refractivity contribution in [3.05, 3.63) is 75.7 Å². The number of fused-ring (bicyclic) bond motifs is 3. The van der Waals surface area contributed by atoms with Gasteiger partial charge in [0.1, 0.15) is 17.3 Å². The number of alkyl carbamates (subject to hydrolysis) is 1. The molecule has 0 saturated heterocycles. The highest BCUT2D eigenvalue weighted by molar-refractivity contribution is 7.09. The van der Waals surface area contributed by atoms with Crippen LogP contribution in [-0.4, -0.2) is 41.2 Å². The van der Waals surface area contributed by atoms with Gasteiger partial charge in [-0.15, -0.1) is 11.3 Å². The molecule has 0 fully saturated rings. The molecule has 1 aromatic heterocycles. The van der Waals surface area contributed by atoms with Crippen LogP contribution in [0, 0.1) is 5.92 Å². The van der Waals surface area contributed by atoms with E-state index in [-0.39, 0.29) is 30.7 Å². The molecule has 0 saturated carbocycles. The minimum atomic E-state index is -0.900. The molecule has 1 heterocycles. The van der Waals surface area contributed by atoms with Crippen molar-refractivity contribution >= 4 is 29.3 Å². The Kier molecular flexibility index (Phi) is 7.45. The summed E-state index contributed by atoms with van der Waals surface area (Å²) in [5.41, 5.74) is 4.84. The Morgan fingerprint density at radius 3 is 2.31 bits per heavy atom. The zero-order chi connectivity index (χ0) is 24.9. The summed E-state index contributed by atoms with van der Waals surface area (Å²) in [5.74, 6) is -1.84. The van der Waals surface area contributed by atoms with E-state index in [1.54, 1.807) is 19.2 Å². The topological polar surface area (TPSA) is 118 Å². The molecule has 9 heteroatoms. The molecule has 8 nitrogen and oxygen atoms in total. The van der Waals surface area contributed by atoms with Crippen molar-refractivity contribution in [3.8, 4) is 11.1 Å². The third kappa shape index (κ3) is 5.51. The molecule has 0 spiro atoms. The molecule has 1 aliphatic carbocycles. The summed E-state index contributed by atoms with van der Waals surface area (Å²) in [7, 11) is 0. The van der Waals surface area contributed by atoms with E-state index in [1.165, 1.54) is 11.3 Å². The molecule has 2 aromatic carbocycles. The van der Waals surface area contributed by atoms with E-state index in [4.69, 9.17) is 9.84 Å². The molecule has 3 aromatic rings. The molecule has 3 N–H and O–H groups in total. The van der Waals surface area contributed by atoms with Crippen molar-refractivity contribution in [2.75, 3.05) is 13.2 Å². The number of carboxylic acids is 1. The van der Waals surface area contributed by atoms with Crippen molar-refractivity contribution in [3.63, 3.8) is 0 Å². The van der Waals surface area contributed by atoms with E-state index < -0.39 is 24.0 Å². The van der Waals surface area contributed by atoms with Gasteiger partial charge in [0.25, 0.3) is 5.91 Å². The van der Waals surface area contributed by atoms with Crippen LogP contribution in [0.2, 0.25) is 0 Å². The normalized spacial score (nSPS) is 13.9. The average Bonchev–Trinajstić information content (AvgIpc) is 3.46. The van der Waals surface area contributed by atoms with Gasteiger partial charge >= 0.3 is 12.1 Å². The first-order chi connectivity index (χ1) is 16.8. The number of amides is 2. The van der Waals surface area contributed by atoms with Gasteiger partial charge in [-0.05, 0) is 35.6 Å². The Bertz CT molecular complexity index is 1200. The lowest BCUT2D eigenvalue weighted by Gasteiger charge is -2.16. The van der Waals surface area contributed by atoms with Crippen LogP contribution < -0.4 is 10.6 Å². The molecule has 0 aliphatic heterocycles. The van der Waals surface area contributed by atoms with E-state index in [0.29, 0.717) is 11.4 Å². The third-order valence-corrected chi connectivity index (χ3v) is 7.11. The average molecular weight is 494 g/mol. The van der Waals surface area contributed by atoms with Crippen molar-refractivity contribution in [1.29, 1.82) is 0 Å². The number of thiazole rings is 1. The number of carbonyl (C=O) groups excluding carboxylic acids is 2. The maximum atomic E-state index is 12.5. The number of hydrogen-bond acceptors (Lipinski definition) is 6. The summed E-state index contributed by atoms with van der Waals surface area (Å²) in [5, 5.41) is 16.6. The van der Waals surface area contributed by atoms with Gasteiger partial charge in [0.05, 0.1) is 12.0 Å². The predicted molar refractivity (Wildman–Crippen MR) is 132 cm³/mol. The van der Waals surface area contributed by atoms with Gasteiger partial charge in [-0.25, -0.2) is 9.78 Å². The molecule has 2 atom stereocenters. The second-order valence-electron chi connectivity index (χ2n) is 8.55. The molecular formula is C26H27N3O5S. The molecule has 0 radical (unpaired) electrons. The highest BCUT2D eigenvalue weighted by Crippen LogP contribution is 2.44. The molecule has 182 valence electrons. The second-order valence-corrected chi connectivity index (χ2v) is 9.44. The number of carbonyl (C=O) groups is 3. The number of hydrogen-bond donors (Lipinski definition) is 3. The van der Waals surface area contributed by atoms with Gasteiger partial charge < -0.3 is 20.5 Å². The molecule has 2 amide bonds. The van der Waals surface area contributed by atoms with Crippen LogP contribution >= 0.6 is 11.3 Å². The van der Waals surface area contributed by atoms with Gasteiger partial charge in [0.15, 0.2) is 0 Å². The highest BCUT2D eigenvalue weighted by atomic mass is 32.1. The fourth-order valence-electron chi connectivity index (χ4n) is 4.09. The summed E-state index contributed by atoms with van der Waals surface area (Å²) in [6, 6.07) is 15.8. The number of ether oxygens (including phenoxy) is 1. The first kappa shape index (κ1) is 24.4. The zero-order valence-corrected chi connectivity index (χ0v) is 20.3. The van der Waals surface area contributed by atoms with Crippen molar-refractivity contribution in [2.24, 2.45) is 5.92 Å². The molecule has 0 bridgehead atoms. The van der Waals surface area contributed by atoms with Crippen LogP contribution in [0.25, 0.3) is 11.1 Å². The lowest BCUT2D eigenvalue weighted by atomic mass is 9.98. The number of benzene rings is 2. The smallest absolute Gasteiger partial charge is 0.407 e. The van der Waals surface area contributed by atoms with Gasteiger partial charge in [0.2, 0.25) is 0 Å². The van der Waals surface area contributed by atoms with E-state index in [1.807, 2.05) is 24.3 Å². The van der Waals surface area contributed by atoms with Crippen LogP contribution in [0.15, 0.2) is 53.9 Å². The second kappa shape index (κ2) is 10.7. The summed E-state index contributed by atoms with van der Waals surface area (Å²) in [6.07, 6.45) is -0.221. The Morgan fingerprint density at radius 2 is 1.69 bits per heavy atom. The van der Waals surface area contributed by atoms with Crippen molar-refractivity contribution < 1.29 is 24.2 Å². The zero-order valence-electron chi connectivity index (χ0n) is 19.5. The quantitative estimate of drug-likeness (QED) is 0.402. The maximum absolute atomic E-state index is 12.5. The van der Waals surface area contributed by atoms with Gasteiger partial charge in [-0.2, -0.15) is 0 Å². The SMILES string of the molecule is CC(CCNC(=O)c1csc(C(C)NC(=O)OCC2c3ccccc3-c3ccccc32)n1)C(=O)O. The molecule has 35 heavy (non-hydrogen) atoms. The summed E-state index contributed by atoms with van der Waals surface area (Å²) in [6.45, 7) is 3.82. The van der Waals surface area contributed by atoms with Crippen LogP contribution in [0.4, 0.5) is 4.79 Å². The Morgan fingerprint density at radius 1 is 1.06 bits per heavy atom. The summed E-state index contributed by atoms with van der Waals surface area (Å²) < 4.78 is 5.58. The van der Waals surface area contributed by atoms with E-state index in [0.717, 1.165) is 22.3 Å². The first-order valence-corrected chi connectivity index (χ1v) is 12.3.